The second-order valence-electron chi connectivity index (χ2n) is 4.46. The first-order chi connectivity index (χ1) is 9.70. The zero-order valence-electron chi connectivity index (χ0n) is 11.2. The van der Waals surface area contributed by atoms with Crippen LogP contribution < -0.4 is 10.5 Å². The molecule has 1 aromatic carbocycles. The molecule has 0 aliphatic rings. The molecule has 0 aliphatic heterocycles. The van der Waals surface area contributed by atoms with Crippen molar-refractivity contribution in [3.05, 3.63) is 41.3 Å². The van der Waals surface area contributed by atoms with Gasteiger partial charge >= 0.3 is 0 Å². The second kappa shape index (κ2) is 5.02. The van der Waals surface area contributed by atoms with Gasteiger partial charge in [-0.2, -0.15) is 0 Å². The number of benzene rings is 1. The topological polar surface area (TPSA) is 61.3 Å². The standard InChI is InChI=1S/C15H14N2O2S/c1-9-3-5-10(6-4-9)12-13(19-17-15(12)16)14-11(18-2)7-8-20-14/h3-8H,1-2H3,(H2,16,17). The fourth-order valence-electron chi connectivity index (χ4n) is 2.08. The van der Waals surface area contributed by atoms with Crippen LogP contribution in [0.15, 0.2) is 40.2 Å². The minimum atomic E-state index is 0.388. The summed E-state index contributed by atoms with van der Waals surface area (Å²) >= 11 is 1.54. The summed E-state index contributed by atoms with van der Waals surface area (Å²) in [4.78, 5) is 0.896. The highest BCUT2D eigenvalue weighted by molar-refractivity contribution is 7.14. The largest absolute Gasteiger partial charge is 0.495 e. The molecule has 20 heavy (non-hydrogen) atoms. The number of nitrogen functional groups attached to an aromatic ring is 1. The molecule has 0 aliphatic carbocycles. The molecule has 4 nitrogen and oxygen atoms in total. The average molecular weight is 286 g/mol. The van der Waals surface area contributed by atoms with Gasteiger partial charge in [0.05, 0.1) is 12.7 Å². The number of anilines is 1. The van der Waals surface area contributed by atoms with Gasteiger partial charge in [0.1, 0.15) is 10.6 Å². The van der Waals surface area contributed by atoms with Crippen molar-refractivity contribution in [1.82, 2.24) is 5.16 Å². The lowest BCUT2D eigenvalue weighted by atomic mass is 10.0. The lowest BCUT2D eigenvalue weighted by molar-refractivity contribution is 0.409. The average Bonchev–Trinajstić information content (AvgIpc) is 3.05. The molecule has 0 saturated heterocycles. The van der Waals surface area contributed by atoms with Crippen LogP contribution in [0.25, 0.3) is 21.8 Å². The van der Waals surface area contributed by atoms with Crippen molar-refractivity contribution < 1.29 is 9.26 Å². The number of nitrogens with zero attached hydrogens (tertiary/aromatic N) is 1. The summed E-state index contributed by atoms with van der Waals surface area (Å²) < 4.78 is 10.8. The van der Waals surface area contributed by atoms with Gasteiger partial charge < -0.3 is 15.0 Å². The van der Waals surface area contributed by atoms with E-state index in [1.54, 1.807) is 7.11 Å². The molecule has 2 aromatic heterocycles. The van der Waals surface area contributed by atoms with Gasteiger partial charge in [0, 0.05) is 0 Å². The molecule has 0 radical (unpaired) electrons. The molecule has 2 N–H and O–H groups in total. The fourth-order valence-corrected chi connectivity index (χ4v) is 2.92. The molecule has 102 valence electrons. The predicted molar refractivity (Wildman–Crippen MR) is 81.0 cm³/mol. The first kappa shape index (κ1) is 12.7. The van der Waals surface area contributed by atoms with Crippen LogP contribution in [-0.2, 0) is 0 Å². The number of methoxy groups -OCH3 is 1. The number of aromatic nitrogens is 1. The third kappa shape index (κ3) is 2.06. The molecule has 0 fully saturated rings. The minimum Gasteiger partial charge on any atom is -0.495 e. The number of nitrogens with two attached hydrogens (primary N) is 1. The van der Waals surface area contributed by atoms with E-state index in [-0.39, 0.29) is 0 Å². The summed E-state index contributed by atoms with van der Waals surface area (Å²) in [5.41, 5.74) is 8.96. The molecule has 0 amide bonds. The molecular formula is C15H14N2O2S. The molecular weight excluding hydrogens is 272 g/mol. The van der Waals surface area contributed by atoms with E-state index in [2.05, 4.69) is 5.16 Å². The normalized spacial score (nSPS) is 10.7. The number of ether oxygens (including phenoxy) is 1. The number of thiophene rings is 1. The third-order valence-corrected chi connectivity index (χ3v) is 4.01. The predicted octanol–water partition coefficient (Wildman–Crippen LogP) is 3.97. The van der Waals surface area contributed by atoms with Gasteiger partial charge in [-0.05, 0) is 23.9 Å². The van der Waals surface area contributed by atoms with E-state index < -0.39 is 0 Å². The van der Waals surface area contributed by atoms with Gasteiger partial charge in [0.25, 0.3) is 0 Å². The van der Waals surface area contributed by atoms with Gasteiger partial charge in [-0.1, -0.05) is 35.0 Å². The van der Waals surface area contributed by atoms with Crippen molar-refractivity contribution in [2.75, 3.05) is 12.8 Å². The van der Waals surface area contributed by atoms with E-state index >= 15 is 0 Å². The summed E-state index contributed by atoms with van der Waals surface area (Å²) in [6.45, 7) is 2.05. The number of hydrogen-bond donors (Lipinski definition) is 1. The van der Waals surface area contributed by atoms with E-state index in [0.29, 0.717) is 11.6 Å². The SMILES string of the molecule is COc1ccsc1-c1onc(N)c1-c1ccc(C)cc1. The Balaban J connectivity index is 2.17. The zero-order valence-corrected chi connectivity index (χ0v) is 12.0. The van der Waals surface area contributed by atoms with Crippen molar-refractivity contribution >= 4 is 17.2 Å². The highest BCUT2D eigenvalue weighted by atomic mass is 32.1. The third-order valence-electron chi connectivity index (χ3n) is 3.11. The van der Waals surface area contributed by atoms with Gasteiger partial charge in [0.15, 0.2) is 11.6 Å². The van der Waals surface area contributed by atoms with E-state index in [0.717, 1.165) is 21.8 Å². The quantitative estimate of drug-likeness (QED) is 0.791. The van der Waals surface area contributed by atoms with Crippen LogP contribution in [0.1, 0.15) is 5.56 Å². The van der Waals surface area contributed by atoms with E-state index in [1.165, 1.54) is 16.9 Å². The first-order valence-corrected chi connectivity index (χ1v) is 7.02. The van der Waals surface area contributed by atoms with Crippen LogP contribution in [-0.4, -0.2) is 12.3 Å². The maximum Gasteiger partial charge on any atom is 0.190 e. The summed E-state index contributed by atoms with van der Waals surface area (Å²) in [7, 11) is 1.64. The summed E-state index contributed by atoms with van der Waals surface area (Å²) in [5.74, 6) is 1.80. The highest BCUT2D eigenvalue weighted by Gasteiger charge is 2.21. The van der Waals surface area contributed by atoms with Crippen LogP contribution in [0.2, 0.25) is 0 Å². The van der Waals surface area contributed by atoms with Crippen molar-refractivity contribution in [2.45, 2.75) is 6.92 Å². The maximum atomic E-state index is 5.97. The monoisotopic (exact) mass is 286 g/mol. The van der Waals surface area contributed by atoms with Gasteiger partial charge in [-0.3, -0.25) is 0 Å². The van der Waals surface area contributed by atoms with Crippen LogP contribution in [0, 0.1) is 6.92 Å². The van der Waals surface area contributed by atoms with Crippen LogP contribution in [0.5, 0.6) is 5.75 Å². The molecule has 0 saturated carbocycles. The Bertz CT molecular complexity index is 729. The minimum absolute atomic E-state index is 0.388. The number of hydrogen-bond acceptors (Lipinski definition) is 5. The number of aryl methyl sites for hydroxylation is 1. The molecule has 0 spiro atoms. The zero-order chi connectivity index (χ0) is 14.1. The van der Waals surface area contributed by atoms with E-state index in [1.807, 2.05) is 42.6 Å². The first-order valence-electron chi connectivity index (χ1n) is 6.14. The van der Waals surface area contributed by atoms with Gasteiger partial charge in [-0.15, -0.1) is 11.3 Å². The molecule has 3 rings (SSSR count). The Morgan fingerprint density at radius 3 is 2.65 bits per heavy atom. The van der Waals surface area contributed by atoms with Crippen molar-refractivity contribution in [3.63, 3.8) is 0 Å². The smallest absolute Gasteiger partial charge is 0.190 e. The van der Waals surface area contributed by atoms with Crippen molar-refractivity contribution in [1.29, 1.82) is 0 Å². The van der Waals surface area contributed by atoms with E-state index in [9.17, 15) is 0 Å². The van der Waals surface area contributed by atoms with E-state index in [4.69, 9.17) is 15.0 Å². The van der Waals surface area contributed by atoms with Crippen LogP contribution in [0.4, 0.5) is 5.82 Å². The van der Waals surface area contributed by atoms with Crippen LogP contribution >= 0.6 is 11.3 Å². The van der Waals surface area contributed by atoms with Crippen molar-refractivity contribution in [2.24, 2.45) is 0 Å². The Labute approximate surface area is 120 Å². The maximum absolute atomic E-state index is 5.97. The number of rotatable bonds is 3. The lowest BCUT2D eigenvalue weighted by Crippen LogP contribution is -1.89. The Morgan fingerprint density at radius 1 is 1.20 bits per heavy atom. The van der Waals surface area contributed by atoms with Crippen molar-refractivity contribution in [3.8, 4) is 27.5 Å². The molecule has 0 atom stereocenters. The lowest BCUT2D eigenvalue weighted by Gasteiger charge is -2.04. The summed E-state index contributed by atoms with van der Waals surface area (Å²) in [5, 5.41) is 5.85. The van der Waals surface area contributed by atoms with Gasteiger partial charge in [-0.25, -0.2) is 0 Å². The van der Waals surface area contributed by atoms with Crippen LogP contribution in [0.3, 0.4) is 0 Å². The molecule has 3 aromatic rings. The summed E-state index contributed by atoms with van der Waals surface area (Å²) in [6.07, 6.45) is 0. The molecule has 5 heteroatoms. The second-order valence-corrected chi connectivity index (χ2v) is 5.37. The Hall–Kier alpha value is -2.27. The van der Waals surface area contributed by atoms with Gasteiger partial charge in [0.2, 0.25) is 0 Å². The molecule has 0 bridgehead atoms. The Morgan fingerprint density at radius 2 is 1.95 bits per heavy atom. The molecule has 0 unspecified atom stereocenters. The Kier molecular flexibility index (Phi) is 3.20. The molecule has 2 heterocycles. The summed E-state index contributed by atoms with van der Waals surface area (Å²) in [6, 6.07) is 10.0. The fraction of sp³-hybridized carbons (Fsp3) is 0.133. The highest BCUT2D eigenvalue weighted by Crippen LogP contribution is 2.43.